The molecule has 6 nitrogen and oxygen atoms in total. The fourth-order valence-corrected chi connectivity index (χ4v) is 1.88. The van der Waals surface area contributed by atoms with Crippen LogP contribution in [0, 0.1) is 5.82 Å². The average molecular weight is 286 g/mol. The van der Waals surface area contributed by atoms with E-state index in [4.69, 9.17) is 9.47 Å². The van der Waals surface area contributed by atoms with E-state index in [-0.39, 0.29) is 30.3 Å². The lowest BCUT2D eigenvalue weighted by atomic mass is 10.1. The van der Waals surface area contributed by atoms with Crippen LogP contribution in [-0.2, 0) is 9.53 Å². The molecule has 1 aliphatic rings. The highest BCUT2D eigenvalue weighted by Gasteiger charge is 2.31. The van der Waals surface area contributed by atoms with Crippen molar-refractivity contribution in [3.05, 3.63) is 17.4 Å². The third-order valence-electron chi connectivity index (χ3n) is 2.78. The van der Waals surface area contributed by atoms with Gasteiger partial charge in [-0.3, -0.25) is 0 Å². The smallest absolute Gasteiger partial charge is 0.339 e. The van der Waals surface area contributed by atoms with E-state index in [2.05, 4.69) is 4.74 Å². The van der Waals surface area contributed by atoms with Gasteiger partial charge in [-0.2, -0.15) is 0 Å². The van der Waals surface area contributed by atoms with Gasteiger partial charge in [-0.05, 0) is 6.92 Å². The zero-order valence-corrected chi connectivity index (χ0v) is 10.9. The maximum atomic E-state index is 13.7. The van der Waals surface area contributed by atoms with Crippen LogP contribution >= 0.6 is 0 Å². The molecule has 2 rings (SSSR count). The maximum absolute atomic E-state index is 13.7. The third-order valence-corrected chi connectivity index (χ3v) is 2.78. The van der Waals surface area contributed by atoms with Gasteiger partial charge in [-0.25, -0.2) is 9.18 Å². The molecule has 110 valence electrons. The second kappa shape index (κ2) is 5.96. The molecule has 7 heteroatoms. The predicted molar refractivity (Wildman–Crippen MR) is 65.3 cm³/mol. The first-order chi connectivity index (χ1) is 9.56. The molecule has 1 aliphatic heterocycles. The zero-order chi connectivity index (χ0) is 14.7. The monoisotopic (exact) mass is 286 g/mol. The number of benzene rings is 1. The maximum Gasteiger partial charge on any atom is 0.339 e. The minimum absolute atomic E-state index is 0.0381. The topological polar surface area (TPSA) is 85.2 Å². The fraction of sp³-hybridized carbons (Fsp3) is 0.462. The summed E-state index contributed by atoms with van der Waals surface area (Å²) in [7, 11) is 0. The van der Waals surface area contributed by atoms with Gasteiger partial charge in [0, 0.05) is 12.5 Å². The highest BCUT2D eigenvalue weighted by Crippen LogP contribution is 2.44. The van der Waals surface area contributed by atoms with Crippen molar-refractivity contribution in [1.82, 2.24) is 0 Å². The van der Waals surface area contributed by atoms with Crippen LogP contribution in [0.4, 0.5) is 4.39 Å². The van der Waals surface area contributed by atoms with Crippen molar-refractivity contribution in [2.24, 2.45) is 0 Å². The van der Waals surface area contributed by atoms with Gasteiger partial charge in [-0.1, -0.05) is 0 Å². The number of halogens is 1. The molecule has 0 spiro atoms. The van der Waals surface area contributed by atoms with E-state index in [1.165, 1.54) is 0 Å². The normalized spacial score (nSPS) is 15.3. The highest BCUT2D eigenvalue weighted by molar-refractivity contribution is 5.79. The third kappa shape index (κ3) is 2.62. The van der Waals surface area contributed by atoms with Crippen LogP contribution in [0.15, 0.2) is 6.07 Å². The van der Waals surface area contributed by atoms with Crippen molar-refractivity contribution >= 4 is 5.97 Å². The first kappa shape index (κ1) is 14.4. The molecule has 0 saturated heterocycles. The molecule has 20 heavy (non-hydrogen) atoms. The molecule has 0 bridgehead atoms. The number of rotatable bonds is 3. The first-order valence-electron chi connectivity index (χ1n) is 6.22. The van der Waals surface area contributed by atoms with Gasteiger partial charge in [0.25, 0.3) is 0 Å². The molecular weight excluding hydrogens is 271 g/mol. The molecule has 1 aromatic rings. The Morgan fingerprint density at radius 1 is 1.50 bits per heavy atom. The number of esters is 1. The van der Waals surface area contributed by atoms with Crippen molar-refractivity contribution in [1.29, 1.82) is 0 Å². The fourth-order valence-electron chi connectivity index (χ4n) is 1.88. The lowest BCUT2D eigenvalue weighted by Crippen LogP contribution is -2.17. The van der Waals surface area contributed by atoms with Crippen molar-refractivity contribution in [3.8, 4) is 17.2 Å². The zero-order valence-electron chi connectivity index (χ0n) is 10.9. The van der Waals surface area contributed by atoms with Crippen LogP contribution in [0.5, 0.6) is 17.2 Å². The van der Waals surface area contributed by atoms with E-state index >= 15 is 0 Å². The van der Waals surface area contributed by atoms with Crippen LogP contribution in [0.25, 0.3) is 0 Å². The number of hydrogen-bond donors (Lipinski definition) is 2. The molecule has 0 amide bonds. The van der Waals surface area contributed by atoms with Crippen molar-refractivity contribution < 1.29 is 33.6 Å². The Morgan fingerprint density at radius 3 is 2.90 bits per heavy atom. The number of ether oxygens (including phenoxy) is 3. The molecule has 1 heterocycles. The minimum Gasteiger partial charge on any atom is -0.504 e. The second-order valence-corrected chi connectivity index (χ2v) is 4.15. The molecule has 1 unspecified atom stereocenters. The van der Waals surface area contributed by atoms with E-state index in [0.29, 0.717) is 13.0 Å². The Morgan fingerprint density at radius 2 is 2.20 bits per heavy atom. The molecule has 2 N–H and O–H groups in total. The number of carbonyl (C=O) groups is 1. The van der Waals surface area contributed by atoms with E-state index in [1.807, 2.05) is 0 Å². The van der Waals surface area contributed by atoms with Crippen LogP contribution in [-0.4, -0.2) is 36.0 Å². The Hall–Kier alpha value is -2.02. The number of aliphatic hydroxyl groups is 1. The first-order valence-corrected chi connectivity index (χ1v) is 6.22. The van der Waals surface area contributed by atoms with Crippen molar-refractivity contribution in [2.75, 3.05) is 19.8 Å². The lowest BCUT2D eigenvalue weighted by molar-refractivity contribution is -0.153. The van der Waals surface area contributed by atoms with Crippen LogP contribution in [0.1, 0.15) is 25.0 Å². The van der Waals surface area contributed by atoms with Gasteiger partial charge in [0.15, 0.2) is 29.2 Å². The Kier molecular flexibility index (Phi) is 4.29. The summed E-state index contributed by atoms with van der Waals surface area (Å²) >= 11 is 0. The predicted octanol–water partition coefficient (Wildman–Crippen LogP) is 1.29. The average Bonchev–Trinajstić information content (AvgIpc) is 2.65. The molecule has 0 fully saturated rings. The summed E-state index contributed by atoms with van der Waals surface area (Å²) in [6.07, 6.45) is -1.28. The minimum atomic E-state index is -1.85. The summed E-state index contributed by atoms with van der Waals surface area (Å²) in [5.41, 5.74) is -0.375. The summed E-state index contributed by atoms with van der Waals surface area (Å²) in [4.78, 5) is 11.6. The van der Waals surface area contributed by atoms with Crippen molar-refractivity contribution in [3.63, 3.8) is 0 Å². The van der Waals surface area contributed by atoms with E-state index in [0.717, 1.165) is 6.07 Å². The number of carbonyl (C=O) groups excluding carboxylic acids is 1. The standard InChI is InChI=1S/C13H15FO6/c1-2-18-13(17)11(16)9-10(15)7(14)6-8-12(9)20-5-3-4-19-8/h6,11,15-16H,2-5H2,1H3. The number of hydrogen-bond acceptors (Lipinski definition) is 6. The largest absolute Gasteiger partial charge is 0.504 e. The van der Waals surface area contributed by atoms with Gasteiger partial charge in [0.2, 0.25) is 0 Å². The quantitative estimate of drug-likeness (QED) is 0.814. The van der Waals surface area contributed by atoms with E-state index in [9.17, 15) is 19.4 Å². The number of aliphatic hydroxyl groups excluding tert-OH is 1. The van der Waals surface area contributed by atoms with Crippen molar-refractivity contribution in [2.45, 2.75) is 19.4 Å². The number of fused-ring (bicyclic) bond motifs is 1. The summed E-state index contributed by atoms with van der Waals surface area (Å²) in [6, 6.07) is 0.956. The van der Waals surface area contributed by atoms with Crippen LogP contribution in [0.3, 0.4) is 0 Å². The molecule has 0 aromatic heterocycles. The molecule has 0 aliphatic carbocycles. The SMILES string of the molecule is CCOC(=O)C(O)c1c(O)c(F)cc2c1OCCCO2. The Balaban J connectivity index is 2.50. The number of phenols is 1. The van der Waals surface area contributed by atoms with Crippen LogP contribution < -0.4 is 9.47 Å². The molecule has 0 saturated carbocycles. The molecule has 0 radical (unpaired) electrons. The molecule has 1 atom stereocenters. The van der Waals surface area contributed by atoms with Gasteiger partial charge < -0.3 is 24.4 Å². The molecule has 1 aromatic carbocycles. The summed E-state index contributed by atoms with van der Waals surface area (Å²) in [6.45, 7) is 2.19. The van der Waals surface area contributed by atoms with E-state index < -0.39 is 23.6 Å². The second-order valence-electron chi connectivity index (χ2n) is 4.15. The summed E-state index contributed by atoms with van der Waals surface area (Å²) in [5.74, 6) is -2.86. The van der Waals surface area contributed by atoms with Gasteiger partial charge in [0.05, 0.1) is 25.4 Å². The number of phenolic OH excluding ortho intramolecular Hbond substituents is 1. The lowest BCUT2D eigenvalue weighted by Gasteiger charge is -2.18. The Labute approximate surface area is 114 Å². The number of aromatic hydroxyl groups is 1. The Bertz CT molecular complexity index is 516. The van der Waals surface area contributed by atoms with Gasteiger partial charge >= 0.3 is 5.97 Å². The van der Waals surface area contributed by atoms with Crippen LogP contribution in [0.2, 0.25) is 0 Å². The van der Waals surface area contributed by atoms with Gasteiger partial charge in [0.1, 0.15) is 0 Å². The summed E-state index contributed by atoms with van der Waals surface area (Å²) < 4.78 is 28.9. The van der Waals surface area contributed by atoms with Gasteiger partial charge in [-0.15, -0.1) is 0 Å². The highest BCUT2D eigenvalue weighted by atomic mass is 19.1. The molecular formula is C13H15FO6. The summed E-state index contributed by atoms with van der Waals surface area (Å²) in [5, 5.41) is 19.7. The van der Waals surface area contributed by atoms with E-state index in [1.54, 1.807) is 6.92 Å².